The molecule has 0 unspecified atom stereocenters. The van der Waals surface area contributed by atoms with Crippen LogP contribution in [0.5, 0.6) is 0 Å². The van der Waals surface area contributed by atoms with Crippen molar-refractivity contribution in [1.82, 2.24) is 10.2 Å². The SMILES string of the molecule is CNCCN(C)Cc1cccc(F)c1. The van der Waals surface area contributed by atoms with E-state index in [0.29, 0.717) is 0 Å². The van der Waals surface area contributed by atoms with Crippen molar-refractivity contribution in [3.8, 4) is 0 Å². The van der Waals surface area contributed by atoms with Crippen LogP contribution >= 0.6 is 0 Å². The first kappa shape index (κ1) is 11.1. The molecule has 0 aliphatic carbocycles. The van der Waals surface area contributed by atoms with Crippen molar-refractivity contribution >= 4 is 0 Å². The second-order valence-electron chi connectivity index (χ2n) is 3.47. The largest absolute Gasteiger partial charge is 0.318 e. The van der Waals surface area contributed by atoms with Crippen molar-refractivity contribution in [3.05, 3.63) is 35.6 Å². The van der Waals surface area contributed by atoms with Crippen LogP contribution in [0.3, 0.4) is 0 Å². The number of nitrogens with one attached hydrogen (secondary N) is 1. The molecule has 0 atom stereocenters. The van der Waals surface area contributed by atoms with E-state index in [1.807, 2.05) is 20.2 Å². The smallest absolute Gasteiger partial charge is 0.123 e. The molecule has 0 aromatic heterocycles. The monoisotopic (exact) mass is 196 g/mol. The number of benzene rings is 1. The molecule has 14 heavy (non-hydrogen) atoms. The maximum atomic E-state index is 12.8. The van der Waals surface area contributed by atoms with E-state index in [4.69, 9.17) is 0 Å². The van der Waals surface area contributed by atoms with Gasteiger partial charge in [-0.05, 0) is 31.8 Å². The molecule has 1 aromatic carbocycles. The van der Waals surface area contributed by atoms with E-state index in [1.54, 1.807) is 12.1 Å². The lowest BCUT2D eigenvalue weighted by molar-refractivity contribution is 0.327. The molecule has 0 aliphatic heterocycles. The summed E-state index contributed by atoms with van der Waals surface area (Å²) >= 11 is 0. The van der Waals surface area contributed by atoms with Gasteiger partial charge in [-0.2, -0.15) is 0 Å². The average molecular weight is 196 g/mol. The topological polar surface area (TPSA) is 15.3 Å². The van der Waals surface area contributed by atoms with E-state index in [9.17, 15) is 4.39 Å². The van der Waals surface area contributed by atoms with Gasteiger partial charge >= 0.3 is 0 Å². The number of hydrogen-bond acceptors (Lipinski definition) is 2. The van der Waals surface area contributed by atoms with Crippen LogP contribution in [0.1, 0.15) is 5.56 Å². The molecule has 0 radical (unpaired) electrons. The third kappa shape index (κ3) is 3.85. The summed E-state index contributed by atoms with van der Waals surface area (Å²) in [5, 5.41) is 3.08. The number of nitrogens with zero attached hydrogens (tertiary/aromatic N) is 1. The van der Waals surface area contributed by atoms with Gasteiger partial charge in [0, 0.05) is 19.6 Å². The van der Waals surface area contributed by atoms with Crippen molar-refractivity contribution in [2.75, 3.05) is 27.2 Å². The van der Waals surface area contributed by atoms with Crippen LogP contribution in [-0.2, 0) is 6.54 Å². The van der Waals surface area contributed by atoms with Gasteiger partial charge in [-0.3, -0.25) is 0 Å². The molecule has 0 amide bonds. The number of hydrogen-bond donors (Lipinski definition) is 1. The Kier molecular flexibility index (Phi) is 4.56. The van der Waals surface area contributed by atoms with Crippen LogP contribution in [0, 0.1) is 5.82 Å². The maximum Gasteiger partial charge on any atom is 0.123 e. The van der Waals surface area contributed by atoms with Crippen molar-refractivity contribution in [2.45, 2.75) is 6.54 Å². The van der Waals surface area contributed by atoms with Crippen LogP contribution in [-0.4, -0.2) is 32.1 Å². The summed E-state index contributed by atoms with van der Waals surface area (Å²) in [6.07, 6.45) is 0. The van der Waals surface area contributed by atoms with Crippen molar-refractivity contribution < 1.29 is 4.39 Å². The molecule has 2 nitrogen and oxygen atoms in total. The summed E-state index contributed by atoms with van der Waals surface area (Å²) < 4.78 is 12.8. The average Bonchev–Trinajstić information content (AvgIpc) is 2.15. The first-order valence-electron chi connectivity index (χ1n) is 4.80. The Hall–Kier alpha value is -0.930. The standard InChI is InChI=1S/C11H17FN2/c1-13-6-7-14(2)9-10-4-3-5-11(12)8-10/h3-5,8,13H,6-7,9H2,1-2H3. The Bertz CT molecular complexity index is 276. The van der Waals surface area contributed by atoms with Crippen LogP contribution in [0.15, 0.2) is 24.3 Å². The van der Waals surface area contributed by atoms with E-state index in [-0.39, 0.29) is 5.82 Å². The Morgan fingerprint density at radius 1 is 1.43 bits per heavy atom. The molecule has 0 bridgehead atoms. The van der Waals surface area contributed by atoms with Gasteiger partial charge in [0.1, 0.15) is 5.82 Å². The number of halogens is 1. The zero-order valence-corrected chi connectivity index (χ0v) is 8.76. The lowest BCUT2D eigenvalue weighted by Gasteiger charge is -2.16. The van der Waals surface area contributed by atoms with Crippen LogP contribution in [0.4, 0.5) is 4.39 Å². The molecule has 0 saturated carbocycles. The van der Waals surface area contributed by atoms with Crippen LogP contribution in [0.2, 0.25) is 0 Å². The molecule has 0 saturated heterocycles. The second kappa shape index (κ2) is 5.73. The molecule has 1 N–H and O–H groups in total. The van der Waals surface area contributed by atoms with Crippen LogP contribution in [0.25, 0.3) is 0 Å². The van der Waals surface area contributed by atoms with E-state index < -0.39 is 0 Å². The second-order valence-corrected chi connectivity index (χ2v) is 3.47. The molecule has 78 valence electrons. The molecule has 3 heteroatoms. The zero-order valence-electron chi connectivity index (χ0n) is 8.76. The molecule has 1 aromatic rings. The molecule has 0 fully saturated rings. The van der Waals surface area contributed by atoms with E-state index in [0.717, 1.165) is 25.2 Å². The molecule has 1 rings (SSSR count). The quantitative estimate of drug-likeness (QED) is 0.767. The van der Waals surface area contributed by atoms with Gasteiger partial charge in [0.05, 0.1) is 0 Å². The first-order chi connectivity index (χ1) is 6.72. The van der Waals surface area contributed by atoms with Crippen molar-refractivity contribution in [1.29, 1.82) is 0 Å². The number of likely N-dealkylation sites (N-methyl/N-ethyl adjacent to an activating group) is 2. The minimum absolute atomic E-state index is 0.162. The van der Waals surface area contributed by atoms with Gasteiger partial charge in [-0.1, -0.05) is 12.1 Å². The minimum Gasteiger partial charge on any atom is -0.318 e. The lowest BCUT2D eigenvalue weighted by atomic mass is 10.2. The fourth-order valence-electron chi connectivity index (χ4n) is 1.33. The van der Waals surface area contributed by atoms with E-state index in [2.05, 4.69) is 10.2 Å². The van der Waals surface area contributed by atoms with E-state index >= 15 is 0 Å². The van der Waals surface area contributed by atoms with Crippen molar-refractivity contribution in [2.24, 2.45) is 0 Å². The number of rotatable bonds is 5. The molecule has 0 heterocycles. The Morgan fingerprint density at radius 3 is 2.86 bits per heavy atom. The van der Waals surface area contributed by atoms with Gasteiger partial charge in [0.15, 0.2) is 0 Å². The molecular weight excluding hydrogens is 179 g/mol. The van der Waals surface area contributed by atoms with Gasteiger partial charge in [0.25, 0.3) is 0 Å². The van der Waals surface area contributed by atoms with Gasteiger partial charge in [-0.25, -0.2) is 4.39 Å². The van der Waals surface area contributed by atoms with Gasteiger partial charge in [0.2, 0.25) is 0 Å². The normalized spacial score (nSPS) is 10.9. The summed E-state index contributed by atoms with van der Waals surface area (Å²) in [4.78, 5) is 2.16. The fraction of sp³-hybridized carbons (Fsp3) is 0.455. The fourth-order valence-corrected chi connectivity index (χ4v) is 1.33. The van der Waals surface area contributed by atoms with Crippen LogP contribution < -0.4 is 5.32 Å². The molecular formula is C11H17FN2. The summed E-state index contributed by atoms with van der Waals surface area (Å²) in [6.45, 7) is 2.71. The van der Waals surface area contributed by atoms with Gasteiger partial charge in [-0.15, -0.1) is 0 Å². The molecule has 0 aliphatic rings. The highest BCUT2D eigenvalue weighted by Gasteiger charge is 2.00. The Morgan fingerprint density at radius 2 is 2.21 bits per heavy atom. The zero-order chi connectivity index (χ0) is 10.4. The summed E-state index contributed by atoms with van der Waals surface area (Å²) in [7, 11) is 3.96. The van der Waals surface area contributed by atoms with Crippen molar-refractivity contribution in [3.63, 3.8) is 0 Å². The summed E-state index contributed by atoms with van der Waals surface area (Å²) in [6, 6.07) is 6.74. The highest BCUT2D eigenvalue weighted by molar-refractivity contribution is 5.15. The minimum atomic E-state index is -0.162. The third-order valence-electron chi connectivity index (χ3n) is 2.09. The Balaban J connectivity index is 2.43. The third-order valence-corrected chi connectivity index (χ3v) is 2.09. The molecule has 0 spiro atoms. The predicted molar refractivity (Wildman–Crippen MR) is 56.7 cm³/mol. The highest BCUT2D eigenvalue weighted by atomic mass is 19.1. The predicted octanol–water partition coefficient (Wildman–Crippen LogP) is 1.48. The van der Waals surface area contributed by atoms with Gasteiger partial charge < -0.3 is 10.2 Å². The highest BCUT2D eigenvalue weighted by Crippen LogP contribution is 2.05. The van der Waals surface area contributed by atoms with E-state index in [1.165, 1.54) is 6.07 Å². The lowest BCUT2D eigenvalue weighted by Crippen LogP contribution is -2.26. The maximum absolute atomic E-state index is 12.8. The first-order valence-corrected chi connectivity index (χ1v) is 4.80. The Labute approximate surface area is 84.7 Å². The summed E-state index contributed by atoms with van der Waals surface area (Å²) in [5.74, 6) is -0.162. The summed E-state index contributed by atoms with van der Waals surface area (Å²) in [5.41, 5.74) is 1.02.